The van der Waals surface area contributed by atoms with Crippen molar-refractivity contribution >= 4 is 46.7 Å². The van der Waals surface area contributed by atoms with Crippen LogP contribution < -0.4 is 0 Å². The van der Waals surface area contributed by atoms with Gasteiger partial charge in [0.05, 0.1) is 44.2 Å². The Bertz CT molecular complexity index is 1290. The molecule has 5 unspecified atom stereocenters. The molecule has 0 saturated carbocycles. The van der Waals surface area contributed by atoms with Crippen molar-refractivity contribution in [2.45, 2.75) is 87.9 Å². The van der Waals surface area contributed by atoms with Crippen molar-refractivity contribution in [3.05, 3.63) is 0 Å². The molecule has 3 fully saturated rings. The van der Waals surface area contributed by atoms with Crippen molar-refractivity contribution < 1.29 is 102 Å². The number of ether oxygens (including phenoxy) is 3. The minimum Gasteiger partial charge on any atom is -0.390 e. The lowest BCUT2D eigenvalue weighted by molar-refractivity contribution is -0.0435. The maximum atomic E-state index is 13.4. The minimum absolute atomic E-state index is 0.275. The Hall–Kier alpha value is 0.505. The van der Waals surface area contributed by atoms with Crippen LogP contribution in [0.4, 0.5) is 4.39 Å². The number of phosphoric acid groups is 4. The molecule has 0 amide bonds. The summed E-state index contributed by atoms with van der Waals surface area (Å²) in [6.45, 7) is -0.580. The Labute approximate surface area is 269 Å². The monoisotopic (exact) mass is 786 g/mol. The molecule has 2 radical (unpaired) electrons. The van der Waals surface area contributed by atoms with Crippen molar-refractivity contribution in [1.29, 1.82) is 0 Å². The first-order valence-electron chi connectivity index (χ1n) is 13.8. The van der Waals surface area contributed by atoms with Crippen LogP contribution >= 0.6 is 38.9 Å². The van der Waals surface area contributed by atoms with Gasteiger partial charge >= 0.3 is 38.9 Å². The van der Waals surface area contributed by atoms with Gasteiger partial charge in [-0.2, -0.15) is 4.31 Å². The summed E-state index contributed by atoms with van der Waals surface area (Å²) in [4.78, 5) is 49.1. The number of aliphatic hydroxyl groups is 1. The largest absolute Gasteiger partial charge is 0.488 e. The summed E-state index contributed by atoms with van der Waals surface area (Å²) < 4.78 is 123. The summed E-state index contributed by atoms with van der Waals surface area (Å²) in [6, 6.07) is -1.16. The van der Waals surface area contributed by atoms with Crippen molar-refractivity contribution in [3.8, 4) is 0 Å². The summed E-state index contributed by atoms with van der Waals surface area (Å²) in [6.07, 6.45) is -9.93. The third-order valence-corrected chi connectivity index (χ3v) is 13.5. The second-order valence-electron chi connectivity index (χ2n) is 10.6. The standard InChI is InChI=1S/C19H37BFO21P5/c1-3-43(23,24)41-47(31,32)42-46(29,30)35-10-18-15(6-19(20)38-18)40-45(27,28)34-9-17-14(5-12(7-21)37-17)39-44(25,26)33-8-16-13(22)4-11(2)36-16/h11-19,22H,3-10H2,1-2H3,(H,23,24)(H,25,26)(H,27,28)(H,29,30)(H,31,32)/t11-,12+,13-,14-,15-,16+,17+,18+,19+/m0/s1. The van der Waals surface area contributed by atoms with Crippen molar-refractivity contribution in [2.24, 2.45) is 0 Å². The second-order valence-corrected chi connectivity index (χ2v) is 18.7. The summed E-state index contributed by atoms with van der Waals surface area (Å²) in [7, 11) is -20.0. The van der Waals surface area contributed by atoms with E-state index in [2.05, 4.69) is 13.1 Å². The molecule has 0 aromatic rings. The van der Waals surface area contributed by atoms with E-state index < -0.39 is 120 Å². The van der Waals surface area contributed by atoms with Gasteiger partial charge in [0.15, 0.2) is 0 Å². The number of halogens is 1. The summed E-state index contributed by atoms with van der Waals surface area (Å²) in [5, 5.41) is 9.93. The van der Waals surface area contributed by atoms with Gasteiger partial charge in [-0.25, -0.2) is 27.0 Å². The Morgan fingerprint density at radius 1 is 0.723 bits per heavy atom. The Morgan fingerprint density at radius 3 is 1.74 bits per heavy atom. The molecule has 274 valence electrons. The molecule has 28 heteroatoms. The van der Waals surface area contributed by atoms with E-state index in [1.54, 1.807) is 6.92 Å². The van der Waals surface area contributed by atoms with Gasteiger partial charge < -0.3 is 43.8 Å². The lowest BCUT2D eigenvalue weighted by Crippen LogP contribution is -2.31. The Kier molecular flexibility index (Phi) is 15.1. The summed E-state index contributed by atoms with van der Waals surface area (Å²) in [5.41, 5.74) is 0. The fourth-order valence-electron chi connectivity index (χ4n) is 4.54. The number of hydrogen-bond donors (Lipinski definition) is 6. The molecular formula is C19H37BFO21P5. The van der Waals surface area contributed by atoms with Gasteiger partial charge in [0.2, 0.25) is 0 Å². The average molecular weight is 786 g/mol. The van der Waals surface area contributed by atoms with Crippen LogP contribution in [0.3, 0.4) is 0 Å². The highest BCUT2D eigenvalue weighted by Crippen LogP contribution is 2.67. The van der Waals surface area contributed by atoms with Gasteiger partial charge in [0, 0.05) is 25.0 Å². The molecule has 3 rings (SSSR count). The van der Waals surface area contributed by atoms with E-state index >= 15 is 0 Å². The Morgan fingerprint density at radius 2 is 1.23 bits per heavy atom. The first-order valence-corrected chi connectivity index (χ1v) is 21.6. The molecular weight excluding hydrogens is 749 g/mol. The molecule has 3 aliphatic heterocycles. The second kappa shape index (κ2) is 16.9. The smallest absolute Gasteiger partial charge is 0.390 e. The Balaban J connectivity index is 1.54. The molecule has 3 heterocycles. The number of rotatable bonds is 19. The third-order valence-electron chi connectivity index (χ3n) is 6.67. The van der Waals surface area contributed by atoms with E-state index in [1.165, 1.54) is 0 Å². The zero-order chi connectivity index (χ0) is 35.4. The minimum atomic E-state index is -5.59. The molecule has 47 heavy (non-hydrogen) atoms. The van der Waals surface area contributed by atoms with Gasteiger partial charge in [-0.15, -0.1) is 0 Å². The van der Waals surface area contributed by atoms with Gasteiger partial charge in [0.25, 0.3) is 0 Å². The molecule has 0 bridgehead atoms. The SMILES string of the molecule is [B][C@H]1C[C@H](OP(=O)(O)OC[C@H]2O[C@@H](CF)C[C@@H]2OP(=O)(O)OC[C@H]2O[C@@H](C)C[C@@H]2O)[C@@H](COP(=O)(O)OP(=O)(O)OP(=O)(O)CC)O1. The van der Waals surface area contributed by atoms with Crippen molar-refractivity contribution in [3.63, 3.8) is 0 Å². The molecule has 0 aromatic carbocycles. The number of alkyl halides is 1. The molecule has 6 N–H and O–H groups in total. The van der Waals surface area contributed by atoms with Gasteiger partial charge in [-0.3, -0.25) is 27.2 Å². The highest BCUT2D eigenvalue weighted by molar-refractivity contribution is 7.68. The van der Waals surface area contributed by atoms with E-state index in [1.807, 2.05) is 0 Å². The zero-order valence-electron chi connectivity index (χ0n) is 24.9. The molecule has 14 atom stereocenters. The van der Waals surface area contributed by atoms with E-state index in [9.17, 15) is 56.8 Å². The van der Waals surface area contributed by atoms with E-state index in [0.29, 0.717) is 0 Å². The van der Waals surface area contributed by atoms with Crippen molar-refractivity contribution in [1.82, 2.24) is 0 Å². The first kappa shape index (κ1) is 41.9. The fraction of sp³-hybridized carbons (Fsp3) is 1.00. The van der Waals surface area contributed by atoms with Crippen LogP contribution in [0, 0.1) is 0 Å². The van der Waals surface area contributed by atoms with Crippen LogP contribution in [0.25, 0.3) is 0 Å². The predicted molar refractivity (Wildman–Crippen MR) is 153 cm³/mol. The normalized spacial score (nSPS) is 37.9. The number of hydrogen-bond acceptors (Lipinski definition) is 16. The lowest BCUT2D eigenvalue weighted by Gasteiger charge is -2.25. The lowest BCUT2D eigenvalue weighted by atomic mass is 9.96. The molecule has 3 aliphatic rings. The van der Waals surface area contributed by atoms with Crippen LogP contribution in [0.15, 0.2) is 0 Å². The number of aliphatic hydroxyl groups excluding tert-OH is 1. The van der Waals surface area contributed by atoms with E-state index in [4.69, 9.17) is 40.2 Å². The average Bonchev–Trinajstić information content (AvgIpc) is 3.58. The zero-order valence-corrected chi connectivity index (χ0v) is 29.3. The summed E-state index contributed by atoms with van der Waals surface area (Å²) in [5.74, 6) is 0. The van der Waals surface area contributed by atoms with E-state index in [-0.39, 0.29) is 25.4 Å². The maximum Gasteiger partial charge on any atom is 0.488 e. The molecule has 0 aliphatic carbocycles. The predicted octanol–water partition coefficient (Wildman–Crippen LogP) is 1.40. The van der Waals surface area contributed by atoms with E-state index in [0.717, 1.165) is 6.92 Å². The first-order chi connectivity index (χ1) is 21.5. The van der Waals surface area contributed by atoms with Crippen molar-refractivity contribution in [2.75, 3.05) is 32.7 Å². The van der Waals surface area contributed by atoms with Crippen LogP contribution in [-0.4, -0.2) is 125 Å². The maximum absolute atomic E-state index is 13.4. The summed E-state index contributed by atoms with van der Waals surface area (Å²) >= 11 is 0. The highest BCUT2D eigenvalue weighted by Gasteiger charge is 2.46. The topological polar surface area (TPSA) is 299 Å². The third kappa shape index (κ3) is 13.9. The van der Waals surface area contributed by atoms with Crippen LogP contribution in [0.2, 0.25) is 0 Å². The van der Waals surface area contributed by atoms with Gasteiger partial charge in [-0.1, -0.05) is 6.92 Å². The van der Waals surface area contributed by atoms with Crippen LogP contribution in [0.1, 0.15) is 33.1 Å². The van der Waals surface area contributed by atoms with Gasteiger partial charge in [0.1, 0.15) is 38.9 Å². The highest BCUT2D eigenvalue weighted by atomic mass is 31.3. The molecule has 0 aromatic heterocycles. The fourth-order valence-corrected chi connectivity index (χ4v) is 10.2. The molecule has 21 nitrogen and oxygen atoms in total. The van der Waals surface area contributed by atoms with Crippen LogP contribution in [-0.2, 0) is 68.3 Å². The van der Waals surface area contributed by atoms with Crippen LogP contribution in [0.5, 0.6) is 0 Å². The molecule has 3 saturated heterocycles. The molecule has 0 spiro atoms. The number of phosphoric ester groups is 3. The van der Waals surface area contributed by atoms with Gasteiger partial charge in [-0.05, 0) is 13.3 Å². The quantitative estimate of drug-likeness (QED) is 0.0796.